The summed E-state index contributed by atoms with van der Waals surface area (Å²) in [6.07, 6.45) is 7.56. The minimum Gasteiger partial charge on any atom is -0.319 e. The van der Waals surface area contributed by atoms with Gasteiger partial charge in [-0.05, 0) is 30.9 Å². The lowest BCUT2D eigenvalue weighted by Crippen LogP contribution is -2.39. The molecule has 1 aliphatic heterocycles. The summed E-state index contributed by atoms with van der Waals surface area (Å²) in [6.45, 7) is 2.61. The Balaban J connectivity index is 1.86. The maximum Gasteiger partial charge on any atom is 0.238 e. The van der Waals surface area contributed by atoms with Crippen molar-refractivity contribution in [2.45, 2.75) is 57.7 Å². The number of benzene rings is 1. The van der Waals surface area contributed by atoms with Gasteiger partial charge in [-0.1, -0.05) is 49.9 Å². The Morgan fingerprint density at radius 1 is 1.10 bits per heavy atom. The summed E-state index contributed by atoms with van der Waals surface area (Å²) in [5.74, 6) is 0.269. The highest BCUT2D eigenvalue weighted by Crippen LogP contribution is 2.32. The van der Waals surface area contributed by atoms with Crippen molar-refractivity contribution in [3.05, 3.63) is 35.4 Å². The van der Waals surface area contributed by atoms with Crippen LogP contribution in [0.5, 0.6) is 0 Å². The van der Waals surface area contributed by atoms with Crippen LogP contribution in [-0.2, 0) is 4.79 Å². The van der Waals surface area contributed by atoms with Gasteiger partial charge in [0.25, 0.3) is 0 Å². The molecule has 1 unspecified atom stereocenters. The van der Waals surface area contributed by atoms with E-state index < -0.39 is 0 Å². The van der Waals surface area contributed by atoms with E-state index in [0.717, 1.165) is 12.8 Å². The van der Waals surface area contributed by atoms with Gasteiger partial charge in [0, 0.05) is 6.04 Å². The monoisotopic (exact) mass is 272 g/mol. The maximum absolute atomic E-state index is 12.3. The van der Waals surface area contributed by atoms with Gasteiger partial charge in [-0.15, -0.1) is 0 Å². The molecule has 1 aromatic rings. The fourth-order valence-corrected chi connectivity index (χ4v) is 3.62. The van der Waals surface area contributed by atoms with Crippen LogP contribution in [0.4, 0.5) is 0 Å². The van der Waals surface area contributed by atoms with Gasteiger partial charge in [0.05, 0.1) is 6.54 Å². The molecule has 3 rings (SSSR count). The highest BCUT2D eigenvalue weighted by atomic mass is 16.2. The molecule has 108 valence electrons. The summed E-state index contributed by atoms with van der Waals surface area (Å²) in [4.78, 5) is 14.5. The van der Waals surface area contributed by atoms with Crippen molar-refractivity contribution in [1.29, 1.82) is 0 Å². The Kier molecular flexibility index (Phi) is 4.06. The SMILES string of the molecule is Cc1ccccc1C1NCC(=O)N1C1CCCCCC1. The van der Waals surface area contributed by atoms with Gasteiger partial charge < -0.3 is 4.90 Å². The number of aryl methyl sites for hydroxylation is 1. The smallest absolute Gasteiger partial charge is 0.238 e. The molecule has 1 amide bonds. The van der Waals surface area contributed by atoms with E-state index in [4.69, 9.17) is 0 Å². The third kappa shape index (κ3) is 2.59. The molecule has 2 aliphatic rings. The second-order valence-corrected chi connectivity index (χ2v) is 6.09. The van der Waals surface area contributed by atoms with Crippen LogP contribution >= 0.6 is 0 Å². The third-order valence-electron chi connectivity index (χ3n) is 4.71. The standard InChI is InChI=1S/C17H24N2O/c1-13-8-6-7-11-15(13)17-18-12-16(20)19(17)14-9-4-2-3-5-10-14/h6-8,11,14,17-18H,2-5,9-10,12H2,1H3. The molecule has 0 bridgehead atoms. The quantitative estimate of drug-likeness (QED) is 0.839. The van der Waals surface area contributed by atoms with Crippen LogP contribution in [0.25, 0.3) is 0 Å². The molecule has 1 saturated carbocycles. The van der Waals surface area contributed by atoms with E-state index in [1.807, 2.05) is 0 Å². The first-order valence-corrected chi connectivity index (χ1v) is 7.87. The molecule has 3 nitrogen and oxygen atoms in total. The molecule has 1 saturated heterocycles. The van der Waals surface area contributed by atoms with Gasteiger partial charge in [0.1, 0.15) is 6.17 Å². The van der Waals surface area contributed by atoms with E-state index in [1.54, 1.807) is 0 Å². The van der Waals surface area contributed by atoms with Crippen molar-refractivity contribution in [3.8, 4) is 0 Å². The average Bonchev–Trinajstić information content (AvgIpc) is 2.66. The number of hydrogen-bond donors (Lipinski definition) is 1. The predicted molar refractivity (Wildman–Crippen MR) is 80.3 cm³/mol. The Bertz CT molecular complexity index is 478. The molecule has 0 aromatic heterocycles. The van der Waals surface area contributed by atoms with Crippen molar-refractivity contribution >= 4 is 5.91 Å². The van der Waals surface area contributed by atoms with Crippen molar-refractivity contribution < 1.29 is 4.79 Å². The lowest BCUT2D eigenvalue weighted by molar-refractivity contribution is -0.130. The number of nitrogens with zero attached hydrogens (tertiary/aromatic N) is 1. The molecule has 1 aromatic carbocycles. The summed E-state index contributed by atoms with van der Waals surface area (Å²) in [5.41, 5.74) is 2.51. The summed E-state index contributed by atoms with van der Waals surface area (Å²) >= 11 is 0. The Hall–Kier alpha value is -1.35. The zero-order chi connectivity index (χ0) is 13.9. The molecule has 1 atom stereocenters. The fraction of sp³-hybridized carbons (Fsp3) is 0.588. The Morgan fingerprint density at radius 3 is 2.50 bits per heavy atom. The van der Waals surface area contributed by atoms with E-state index in [0.29, 0.717) is 12.6 Å². The van der Waals surface area contributed by atoms with Crippen molar-refractivity contribution in [2.75, 3.05) is 6.54 Å². The highest BCUT2D eigenvalue weighted by Gasteiger charge is 2.37. The maximum atomic E-state index is 12.3. The summed E-state index contributed by atoms with van der Waals surface area (Å²) in [7, 11) is 0. The van der Waals surface area contributed by atoms with E-state index >= 15 is 0 Å². The minimum absolute atomic E-state index is 0.0757. The second-order valence-electron chi connectivity index (χ2n) is 6.09. The lowest BCUT2D eigenvalue weighted by Gasteiger charge is -2.33. The number of rotatable bonds is 2. The first-order chi connectivity index (χ1) is 9.77. The average molecular weight is 272 g/mol. The van der Waals surface area contributed by atoms with Crippen LogP contribution in [0.15, 0.2) is 24.3 Å². The zero-order valence-electron chi connectivity index (χ0n) is 12.3. The molecular weight excluding hydrogens is 248 g/mol. The van der Waals surface area contributed by atoms with Crippen molar-refractivity contribution in [1.82, 2.24) is 10.2 Å². The van der Waals surface area contributed by atoms with Gasteiger partial charge in [-0.3, -0.25) is 10.1 Å². The third-order valence-corrected chi connectivity index (χ3v) is 4.71. The van der Waals surface area contributed by atoms with Crippen LogP contribution in [0.3, 0.4) is 0 Å². The molecule has 0 radical (unpaired) electrons. The van der Waals surface area contributed by atoms with Gasteiger partial charge >= 0.3 is 0 Å². The van der Waals surface area contributed by atoms with E-state index in [1.165, 1.54) is 36.8 Å². The number of amides is 1. The van der Waals surface area contributed by atoms with Crippen LogP contribution in [0.1, 0.15) is 55.8 Å². The molecule has 1 heterocycles. The number of nitrogens with one attached hydrogen (secondary N) is 1. The molecule has 1 aliphatic carbocycles. The van der Waals surface area contributed by atoms with Crippen molar-refractivity contribution in [3.63, 3.8) is 0 Å². The molecule has 0 spiro atoms. The first-order valence-electron chi connectivity index (χ1n) is 7.87. The number of carbonyl (C=O) groups is 1. The van der Waals surface area contributed by atoms with Crippen molar-refractivity contribution in [2.24, 2.45) is 0 Å². The Morgan fingerprint density at radius 2 is 1.80 bits per heavy atom. The van der Waals surface area contributed by atoms with Crippen LogP contribution in [-0.4, -0.2) is 23.4 Å². The summed E-state index contributed by atoms with van der Waals surface area (Å²) in [6, 6.07) is 8.83. The van der Waals surface area contributed by atoms with Crippen LogP contribution in [0.2, 0.25) is 0 Å². The van der Waals surface area contributed by atoms with Crippen LogP contribution in [0, 0.1) is 6.92 Å². The topological polar surface area (TPSA) is 32.3 Å². The predicted octanol–water partition coefficient (Wildman–Crippen LogP) is 3.15. The highest BCUT2D eigenvalue weighted by molar-refractivity contribution is 5.81. The fourth-order valence-electron chi connectivity index (χ4n) is 3.62. The molecule has 3 heteroatoms. The Labute approximate surface area is 121 Å². The van der Waals surface area contributed by atoms with E-state index in [-0.39, 0.29) is 12.1 Å². The van der Waals surface area contributed by atoms with Gasteiger partial charge in [0.2, 0.25) is 5.91 Å². The summed E-state index contributed by atoms with van der Waals surface area (Å²) < 4.78 is 0. The zero-order valence-corrected chi connectivity index (χ0v) is 12.3. The molecule has 2 fully saturated rings. The molecule has 1 N–H and O–H groups in total. The van der Waals surface area contributed by atoms with E-state index in [2.05, 4.69) is 41.4 Å². The van der Waals surface area contributed by atoms with Gasteiger partial charge in [-0.25, -0.2) is 0 Å². The summed E-state index contributed by atoms with van der Waals surface area (Å²) in [5, 5.41) is 3.41. The number of hydrogen-bond acceptors (Lipinski definition) is 2. The normalized spacial score (nSPS) is 24.9. The minimum atomic E-state index is 0.0757. The largest absolute Gasteiger partial charge is 0.319 e. The van der Waals surface area contributed by atoms with Crippen LogP contribution < -0.4 is 5.32 Å². The first kappa shape index (κ1) is 13.6. The van der Waals surface area contributed by atoms with Gasteiger partial charge in [0.15, 0.2) is 0 Å². The second kappa shape index (κ2) is 5.96. The molecular formula is C17H24N2O. The number of carbonyl (C=O) groups excluding carboxylic acids is 1. The molecule has 20 heavy (non-hydrogen) atoms. The van der Waals surface area contributed by atoms with E-state index in [9.17, 15) is 4.79 Å². The lowest BCUT2D eigenvalue weighted by atomic mass is 10.0. The van der Waals surface area contributed by atoms with Gasteiger partial charge in [-0.2, -0.15) is 0 Å².